The lowest BCUT2D eigenvalue weighted by molar-refractivity contribution is -0.125. The van der Waals surface area contributed by atoms with Gasteiger partial charge >= 0.3 is 6.18 Å². The normalized spacial score (nSPS) is 21.6. The van der Waals surface area contributed by atoms with E-state index in [2.05, 4.69) is 26.3 Å². The van der Waals surface area contributed by atoms with Gasteiger partial charge in [0.25, 0.3) is 5.91 Å². The quantitative estimate of drug-likeness (QED) is 0.629. The summed E-state index contributed by atoms with van der Waals surface area (Å²) in [5.41, 5.74) is 2.18. The first-order valence-corrected chi connectivity index (χ1v) is 11.0. The Balaban J connectivity index is 1.50. The number of hydrogen-bond acceptors (Lipinski definition) is 5. The van der Waals surface area contributed by atoms with Gasteiger partial charge in [-0.1, -0.05) is 0 Å². The lowest BCUT2D eigenvalue weighted by Crippen LogP contribution is -2.52. The number of nitrogens with zero attached hydrogens (tertiary/aromatic N) is 4. The maximum absolute atomic E-state index is 13.1. The number of rotatable bonds is 7. The van der Waals surface area contributed by atoms with Crippen LogP contribution in [-0.2, 0) is 0 Å². The molecule has 1 saturated carbocycles. The number of pyridine rings is 1. The first-order valence-electron chi connectivity index (χ1n) is 11.0. The fourth-order valence-corrected chi connectivity index (χ4v) is 4.85. The monoisotopic (exact) mass is 448 g/mol. The van der Waals surface area contributed by atoms with Crippen molar-refractivity contribution in [3.63, 3.8) is 0 Å². The van der Waals surface area contributed by atoms with Crippen molar-refractivity contribution < 1.29 is 18.0 Å². The Bertz CT molecular complexity index is 990. The van der Waals surface area contributed by atoms with E-state index >= 15 is 0 Å². The van der Waals surface area contributed by atoms with E-state index in [1.54, 1.807) is 11.1 Å². The molecule has 0 bridgehead atoms. The van der Waals surface area contributed by atoms with Crippen LogP contribution in [0.3, 0.4) is 0 Å². The molecule has 1 aliphatic heterocycles. The molecule has 0 spiro atoms. The zero-order chi connectivity index (χ0) is 22.7. The van der Waals surface area contributed by atoms with Crippen LogP contribution < -0.4 is 10.2 Å². The highest BCUT2D eigenvalue weighted by Gasteiger charge is 2.36. The van der Waals surface area contributed by atoms with Gasteiger partial charge in [0.05, 0.1) is 30.5 Å². The third-order valence-electron chi connectivity index (χ3n) is 6.42. The molecule has 0 radical (unpaired) electrons. The fourth-order valence-electron chi connectivity index (χ4n) is 4.85. The van der Waals surface area contributed by atoms with Gasteiger partial charge in [-0.3, -0.25) is 4.79 Å². The number of carbonyl (C=O) groups is 1. The number of nitriles is 1. The van der Waals surface area contributed by atoms with E-state index in [1.807, 2.05) is 12.3 Å². The molecule has 0 atom stereocenters. The summed E-state index contributed by atoms with van der Waals surface area (Å²) in [5, 5.41) is 12.3. The maximum atomic E-state index is 13.1. The van der Waals surface area contributed by atoms with Gasteiger partial charge in [0, 0.05) is 36.8 Å². The number of amides is 1. The number of anilines is 1. The van der Waals surface area contributed by atoms with Crippen molar-refractivity contribution in [2.45, 2.75) is 50.7 Å². The molecule has 0 saturated heterocycles. The van der Waals surface area contributed by atoms with Crippen LogP contribution >= 0.6 is 0 Å². The highest BCUT2D eigenvalue weighted by molar-refractivity contribution is 6.08. The second-order valence-corrected chi connectivity index (χ2v) is 8.62. The summed E-state index contributed by atoms with van der Waals surface area (Å²) < 4.78 is 37.2. The van der Waals surface area contributed by atoms with Gasteiger partial charge < -0.3 is 20.1 Å². The second-order valence-electron chi connectivity index (χ2n) is 8.62. The number of aromatic amines is 1. The highest BCUT2D eigenvalue weighted by atomic mass is 19.4. The molecule has 3 heterocycles. The van der Waals surface area contributed by atoms with Gasteiger partial charge in [-0.15, -0.1) is 0 Å². The van der Waals surface area contributed by atoms with Crippen molar-refractivity contribution in [3.8, 4) is 6.07 Å². The Labute approximate surface area is 184 Å². The summed E-state index contributed by atoms with van der Waals surface area (Å²) in [6, 6.07) is 4.25. The van der Waals surface area contributed by atoms with Crippen LogP contribution in [0.5, 0.6) is 0 Å². The predicted molar refractivity (Wildman–Crippen MR) is 114 cm³/mol. The minimum absolute atomic E-state index is 0.0742. The lowest BCUT2D eigenvalue weighted by Gasteiger charge is -2.45. The Kier molecular flexibility index (Phi) is 6.55. The molecule has 32 heavy (non-hydrogen) atoms. The highest BCUT2D eigenvalue weighted by Crippen LogP contribution is 2.38. The van der Waals surface area contributed by atoms with E-state index in [-0.39, 0.29) is 17.9 Å². The number of H-pyrrole nitrogens is 1. The van der Waals surface area contributed by atoms with Crippen LogP contribution in [0.2, 0.25) is 0 Å². The summed E-state index contributed by atoms with van der Waals surface area (Å²) in [5.74, 6) is 0.144. The standard InChI is InChI=1S/C22H27F3N6O/c23-22(24,25)13-27-11-15-3-5-16(6-4-15)31-14-30(10-2-1-8-26)21(32)18-12-29-20-17(19(18)31)7-9-28-20/h7,9,12,15-16,27H,1-6,10-11,13-14H2,(H,28,29). The van der Waals surface area contributed by atoms with Gasteiger partial charge in [0.1, 0.15) is 5.65 Å². The average Bonchev–Trinajstić information content (AvgIpc) is 3.24. The molecular formula is C22H27F3N6O. The molecule has 172 valence electrons. The van der Waals surface area contributed by atoms with E-state index in [0.717, 1.165) is 42.4 Å². The first kappa shape index (κ1) is 22.4. The number of aromatic nitrogens is 2. The molecule has 2 aromatic heterocycles. The average molecular weight is 448 g/mol. The van der Waals surface area contributed by atoms with Gasteiger partial charge in [0.15, 0.2) is 0 Å². The predicted octanol–water partition coefficient (Wildman–Crippen LogP) is 3.80. The smallest absolute Gasteiger partial charge is 0.349 e. The van der Waals surface area contributed by atoms with Gasteiger partial charge in [-0.05, 0) is 50.6 Å². The molecule has 0 aromatic carbocycles. The zero-order valence-corrected chi connectivity index (χ0v) is 17.8. The van der Waals surface area contributed by atoms with Crippen LogP contribution in [0.4, 0.5) is 18.9 Å². The molecule has 2 aliphatic rings. The maximum Gasteiger partial charge on any atom is 0.401 e. The Hall–Kier alpha value is -2.80. The first-order chi connectivity index (χ1) is 15.4. The third kappa shape index (κ3) is 4.83. The molecule has 0 unspecified atom stereocenters. The number of nitrogens with one attached hydrogen (secondary N) is 2. The number of unbranched alkanes of at least 4 members (excludes halogenated alkanes) is 1. The summed E-state index contributed by atoms with van der Waals surface area (Å²) >= 11 is 0. The van der Waals surface area contributed by atoms with E-state index in [0.29, 0.717) is 38.2 Å². The molecular weight excluding hydrogens is 421 g/mol. The van der Waals surface area contributed by atoms with Crippen LogP contribution in [0.15, 0.2) is 18.5 Å². The number of carbonyl (C=O) groups excluding carboxylic acids is 1. The van der Waals surface area contributed by atoms with Crippen molar-refractivity contribution in [1.29, 1.82) is 5.26 Å². The Morgan fingerprint density at radius 2 is 2.06 bits per heavy atom. The van der Waals surface area contributed by atoms with Crippen molar-refractivity contribution in [1.82, 2.24) is 20.2 Å². The van der Waals surface area contributed by atoms with Crippen LogP contribution in [0, 0.1) is 17.2 Å². The Morgan fingerprint density at radius 1 is 1.28 bits per heavy atom. The van der Waals surface area contributed by atoms with Gasteiger partial charge in [-0.2, -0.15) is 18.4 Å². The van der Waals surface area contributed by atoms with Crippen LogP contribution in [0.25, 0.3) is 11.0 Å². The van der Waals surface area contributed by atoms with Crippen LogP contribution in [-0.4, -0.2) is 59.3 Å². The molecule has 10 heteroatoms. The summed E-state index contributed by atoms with van der Waals surface area (Å²) in [7, 11) is 0. The lowest BCUT2D eigenvalue weighted by atomic mass is 9.84. The molecule has 2 N–H and O–H groups in total. The topological polar surface area (TPSA) is 88.1 Å². The van der Waals surface area contributed by atoms with E-state index in [4.69, 9.17) is 5.26 Å². The minimum atomic E-state index is -4.19. The van der Waals surface area contributed by atoms with E-state index in [1.165, 1.54) is 0 Å². The number of hydrogen-bond donors (Lipinski definition) is 2. The molecule has 1 aliphatic carbocycles. The van der Waals surface area contributed by atoms with Crippen molar-refractivity contribution in [2.24, 2.45) is 5.92 Å². The molecule has 2 aromatic rings. The largest absolute Gasteiger partial charge is 0.401 e. The minimum Gasteiger partial charge on any atom is -0.349 e. The van der Waals surface area contributed by atoms with Gasteiger partial charge in [0.2, 0.25) is 0 Å². The van der Waals surface area contributed by atoms with Crippen molar-refractivity contribution in [2.75, 3.05) is 31.2 Å². The third-order valence-corrected chi connectivity index (χ3v) is 6.42. The number of alkyl halides is 3. The van der Waals surface area contributed by atoms with Crippen molar-refractivity contribution in [3.05, 3.63) is 24.0 Å². The molecule has 4 rings (SSSR count). The number of fused-ring (bicyclic) bond motifs is 3. The van der Waals surface area contributed by atoms with E-state index < -0.39 is 12.7 Å². The molecule has 1 fully saturated rings. The summed E-state index contributed by atoms with van der Waals surface area (Å²) in [4.78, 5) is 24.7. The zero-order valence-electron chi connectivity index (χ0n) is 17.8. The van der Waals surface area contributed by atoms with Crippen molar-refractivity contribution >= 4 is 22.6 Å². The van der Waals surface area contributed by atoms with E-state index in [9.17, 15) is 18.0 Å². The Morgan fingerprint density at radius 3 is 2.78 bits per heavy atom. The SMILES string of the molecule is N#CCCCN1CN(C2CCC(CNCC(F)(F)F)CC2)c2c(cnc3[nH]ccc23)C1=O. The second kappa shape index (κ2) is 9.36. The summed E-state index contributed by atoms with van der Waals surface area (Å²) in [6.45, 7) is 0.367. The molecule has 7 nitrogen and oxygen atoms in total. The van der Waals surface area contributed by atoms with Crippen LogP contribution in [0.1, 0.15) is 48.9 Å². The summed E-state index contributed by atoms with van der Waals surface area (Å²) in [6.07, 6.45) is 3.63. The fraction of sp³-hybridized carbons (Fsp3) is 0.591. The molecule has 1 amide bonds. The van der Waals surface area contributed by atoms with Gasteiger partial charge in [-0.25, -0.2) is 4.98 Å². The number of halogens is 3.